The third-order valence-corrected chi connectivity index (χ3v) is 5.28. The van der Waals surface area contributed by atoms with Crippen LogP contribution in [0.15, 0.2) is 18.3 Å². The van der Waals surface area contributed by atoms with Gasteiger partial charge in [0.1, 0.15) is 5.56 Å². The van der Waals surface area contributed by atoms with Crippen LogP contribution in [0.5, 0.6) is 0 Å². The summed E-state index contributed by atoms with van der Waals surface area (Å²) in [6, 6.07) is 3.53. The van der Waals surface area contributed by atoms with E-state index >= 15 is 0 Å². The maximum absolute atomic E-state index is 12.4. The topological polar surface area (TPSA) is 63.7 Å². The highest BCUT2D eigenvalue weighted by molar-refractivity contribution is 6.45. The maximum Gasteiger partial charge on any atom is 0.341 e. The summed E-state index contributed by atoms with van der Waals surface area (Å²) in [6.45, 7) is 7.25. The number of anilines is 1. The Kier molecular flexibility index (Phi) is 9.05. The zero-order valence-corrected chi connectivity index (χ0v) is 18.0. The maximum atomic E-state index is 12.4. The quantitative estimate of drug-likeness (QED) is 0.504. The first-order valence-electron chi connectivity index (χ1n) is 9.09. The van der Waals surface area contributed by atoms with Crippen LogP contribution in [0.25, 0.3) is 10.9 Å². The summed E-state index contributed by atoms with van der Waals surface area (Å²) in [7, 11) is 0. The Bertz CT molecular complexity index is 814. The number of morpholine rings is 1. The van der Waals surface area contributed by atoms with Gasteiger partial charge >= 0.3 is 5.97 Å². The number of benzene rings is 1. The zero-order chi connectivity index (χ0) is 19.2. The molecule has 1 saturated heterocycles. The highest BCUT2D eigenvalue weighted by atomic mass is 35.5. The molecule has 2 aromatic rings. The van der Waals surface area contributed by atoms with Crippen molar-refractivity contribution in [2.24, 2.45) is 0 Å². The predicted octanol–water partition coefficient (Wildman–Crippen LogP) is 4.27. The molecule has 0 bridgehead atoms. The van der Waals surface area contributed by atoms with Crippen LogP contribution in [0.2, 0.25) is 10.0 Å². The summed E-state index contributed by atoms with van der Waals surface area (Å²) in [5, 5.41) is 4.94. The number of fused-ring (bicyclic) bond motifs is 1. The first-order valence-corrected chi connectivity index (χ1v) is 9.85. The SMILES string of the molecule is CCOC(=O)c1cnc2c(Cl)c(Cl)ccc2c1NCCCN1CCOCC1.Cl. The summed E-state index contributed by atoms with van der Waals surface area (Å²) in [4.78, 5) is 19.1. The Balaban J connectivity index is 0.00000280. The number of carbonyl (C=O) groups excluding carboxylic acids is 1. The Morgan fingerprint density at radius 2 is 2.07 bits per heavy atom. The molecular weight excluding hydrogens is 425 g/mol. The van der Waals surface area contributed by atoms with Crippen LogP contribution < -0.4 is 5.32 Å². The van der Waals surface area contributed by atoms with Crippen LogP contribution >= 0.6 is 35.6 Å². The number of hydrogen-bond acceptors (Lipinski definition) is 6. The normalized spacial score (nSPS) is 14.5. The zero-order valence-electron chi connectivity index (χ0n) is 15.7. The van der Waals surface area contributed by atoms with E-state index in [9.17, 15) is 4.79 Å². The standard InChI is InChI=1S/C19H23Cl2N3O3.ClH/c1-2-27-19(25)14-12-23-18-13(4-5-15(20)16(18)21)17(14)22-6-3-7-24-8-10-26-11-9-24;/h4-5,12H,2-3,6-11H2,1H3,(H,22,23);1H. The number of ether oxygens (including phenoxy) is 2. The molecule has 3 rings (SSSR count). The molecule has 1 aliphatic heterocycles. The lowest BCUT2D eigenvalue weighted by molar-refractivity contribution is 0.0378. The van der Waals surface area contributed by atoms with Crippen molar-refractivity contribution in [3.05, 3.63) is 33.9 Å². The molecule has 1 aliphatic rings. The second kappa shape index (κ2) is 11.0. The number of halogens is 3. The van der Waals surface area contributed by atoms with Gasteiger partial charge in [-0.15, -0.1) is 12.4 Å². The number of esters is 1. The minimum Gasteiger partial charge on any atom is -0.462 e. The minimum atomic E-state index is -0.409. The second-order valence-electron chi connectivity index (χ2n) is 6.26. The number of carbonyl (C=O) groups is 1. The smallest absolute Gasteiger partial charge is 0.341 e. The fraction of sp³-hybridized carbons (Fsp3) is 0.474. The molecule has 2 heterocycles. The molecule has 1 N–H and O–H groups in total. The van der Waals surface area contributed by atoms with Crippen LogP contribution in [0.4, 0.5) is 5.69 Å². The van der Waals surface area contributed by atoms with Crippen molar-refractivity contribution in [1.29, 1.82) is 0 Å². The van der Waals surface area contributed by atoms with Gasteiger partial charge in [-0.25, -0.2) is 4.79 Å². The summed E-state index contributed by atoms with van der Waals surface area (Å²) in [6.07, 6.45) is 2.43. The molecule has 0 amide bonds. The van der Waals surface area contributed by atoms with E-state index in [1.807, 2.05) is 6.07 Å². The fourth-order valence-corrected chi connectivity index (χ4v) is 3.47. The van der Waals surface area contributed by atoms with Crippen LogP contribution in [0, 0.1) is 0 Å². The summed E-state index contributed by atoms with van der Waals surface area (Å²) in [5.41, 5.74) is 1.64. The van der Waals surface area contributed by atoms with E-state index in [1.54, 1.807) is 13.0 Å². The molecule has 0 aliphatic carbocycles. The van der Waals surface area contributed by atoms with Crippen molar-refractivity contribution in [1.82, 2.24) is 9.88 Å². The van der Waals surface area contributed by atoms with Gasteiger partial charge in [0.05, 0.1) is 41.1 Å². The fourth-order valence-electron chi connectivity index (χ4n) is 3.10. The third-order valence-electron chi connectivity index (χ3n) is 4.48. The van der Waals surface area contributed by atoms with Crippen LogP contribution in [-0.2, 0) is 9.47 Å². The third kappa shape index (κ3) is 5.39. The molecular formula is C19H24Cl3N3O3. The first-order chi connectivity index (χ1) is 13.1. The molecule has 1 fully saturated rings. The molecule has 9 heteroatoms. The molecule has 0 saturated carbocycles. The van der Waals surface area contributed by atoms with E-state index in [2.05, 4.69) is 15.2 Å². The molecule has 154 valence electrons. The Labute approximate surface area is 180 Å². The number of aromatic nitrogens is 1. The van der Waals surface area contributed by atoms with Crippen molar-refractivity contribution < 1.29 is 14.3 Å². The lowest BCUT2D eigenvalue weighted by Crippen LogP contribution is -2.37. The lowest BCUT2D eigenvalue weighted by atomic mass is 10.1. The molecule has 1 aromatic carbocycles. The highest BCUT2D eigenvalue weighted by Crippen LogP contribution is 2.34. The predicted molar refractivity (Wildman–Crippen MR) is 115 cm³/mol. The summed E-state index contributed by atoms with van der Waals surface area (Å²) < 4.78 is 10.5. The average molecular weight is 449 g/mol. The van der Waals surface area contributed by atoms with E-state index < -0.39 is 5.97 Å². The Hall–Kier alpha value is -1.31. The van der Waals surface area contributed by atoms with Crippen molar-refractivity contribution >= 4 is 58.2 Å². The number of pyridine rings is 1. The number of rotatable bonds is 7. The molecule has 0 unspecified atom stereocenters. The van der Waals surface area contributed by atoms with Crippen molar-refractivity contribution in [3.63, 3.8) is 0 Å². The van der Waals surface area contributed by atoms with Crippen LogP contribution in [0.1, 0.15) is 23.7 Å². The molecule has 0 radical (unpaired) electrons. The van der Waals surface area contributed by atoms with Crippen molar-refractivity contribution in [2.75, 3.05) is 51.3 Å². The Morgan fingerprint density at radius 1 is 1.32 bits per heavy atom. The number of hydrogen-bond donors (Lipinski definition) is 1. The molecule has 6 nitrogen and oxygen atoms in total. The van der Waals surface area contributed by atoms with Gasteiger partial charge in [-0.2, -0.15) is 0 Å². The molecule has 28 heavy (non-hydrogen) atoms. The van der Waals surface area contributed by atoms with E-state index in [-0.39, 0.29) is 12.4 Å². The van der Waals surface area contributed by atoms with Crippen molar-refractivity contribution in [3.8, 4) is 0 Å². The molecule has 1 aromatic heterocycles. The first kappa shape index (κ1) is 23.0. The summed E-state index contributed by atoms with van der Waals surface area (Å²) in [5.74, 6) is -0.409. The summed E-state index contributed by atoms with van der Waals surface area (Å²) >= 11 is 12.4. The minimum absolute atomic E-state index is 0. The largest absolute Gasteiger partial charge is 0.462 e. The molecule has 0 spiro atoms. The van der Waals surface area contributed by atoms with Gasteiger partial charge < -0.3 is 14.8 Å². The van der Waals surface area contributed by atoms with Crippen LogP contribution in [-0.4, -0.2) is 61.9 Å². The Morgan fingerprint density at radius 3 is 2.79 bits per heavy atom. The van der Waals surface area contributed by atoms with Gasteiger partial charge in [0.2, 0.25) is 0 Å². The van der Waals surface area contributed by atoms with Gasteiger partial charge in [0, 0.05) is 31.2 Å². The lowest BCUT2D eigenvalue weighted by Gasteiger charge is -2.26. The van der Waals surface area contributed by atoms with E-state index in [0.717, 1.165) is 44.7 Å². The van der Waals surface area contributed by atoms with Gasteiger partial charge in [0.25, 0.3) is 0 Å². The number of nitrogens with one attached hydrogen (secondary N) is 1. The second-order valence-corrected chi connectivity index (χ2v) is 7.04. The van der Waals surface area contributed by atoms with Gasteiger partial charge in [0.15, 0.2) is 0 Å². The van der Waals surface area contributed by atoms with Gasteiger partial charge in [-0.1, -0.05) is 23.2 Å². The van der Waals surface area contributed by atoms with E-state index in [1.165, 1.54) is 6.20 Å². The highest BCUT2D eigenvalue weighted by Gasteiger charge is 2.19. The van der Waals surface area contributed by atoms with Crippen molar-refractivity contribution in [2.45, 2.75) is 13.3 Å². The monoisotopic (exact) mass is 447 g/mol. The van der Waals surface area contributed by atoms with Gasteiger partial charge in [-0.3, -0.25) is 9.88 Å². The number of nitrogens with zero attached hydrogens (tertiary/aromatic N) is 2. The van der Waals surface area contributed by atoms with Crippen LogP contribution in [0.3, 0.4) is 0 Å². The molecule has 0 atom stereocenters. The van der Waals surface area contributed by atoms with E-state index in [4.69, 9.17) is 32.7 Å². The van der Waals surface area contributed by atoms with Gasteiger partial charge in [-0.05, 0) is 32.0 Å². The van der Waals surface area contributed by atoms with E-state index in [0.29, 0.717) is 40.0 Å². The average Bonchev–Trinajstić information content (AvgIpc) is 2.69.